The molecule has 10 heteroatoms. The molecule has 1 aliphatic carbocycles. The molecular formula is C21H25ClN4O4S. The highest BCUT2D eigenvalue weighted by atomic mass is 35.5. The number of benzene rings is 2. The van der Waals surface area contributed by atoms with Gasteiger partial charge in [-0.05, 0) is 42.7 Å². The molecule has 1 saturated carbocycles. The normalized spacial score (nSPS) is 15.2. The fourth-order valence-corrected chi connectivity index (χ4v) is 4.19. The van der Waals surface area contributed by atoms with Crippen LogP contribution in [0.15, 0.2) is 36.4 Å². The number of ether oxygens (including phenoxy) is 1. The zero-order valence-corrected chi connectivity index (χ0v) is 18.6. The van der Waals surface area contributed by atoms with Crippen LogP contribution in [0.5, 0.6) is 5.75 Å². The molecule has 0 amide bonds. The molecule has 0 aliphatic heterocycles. The van der Waals surface area contributed by atoms with E-state index in [1.54, 1.807) is 12.1 Å². The molecule has 0 spiro atoms. The number of hydrogen-bond acceptors (Lipinski definition) is 6. The van der Waals surface area contributed by atoms with E-state index in [0.717, 1.165) is 28.6 Å². The van der Waals surface area contributed by atoms with Crippen LogP contribution in [-0.4, -0.2) is 49.7 Å². The van der Waals surface area contributed by atoms with Gasteiger partial charge < -0.3 is 15.2 Å². The predicted octanol–water partition coefficient (Wildman–Crippen LogP) is 3.17. The number of anilines is 1. The predicted molar refractivity (Wildman–Crippen MR) is 121 cm³/mol. The second kappa shape index (κ2) is 9.04. The van der Waals surface area contributed by atoms with Crippen LogP contribution < -0.4 is 14.8 Å². The summed E-state index contributed by atoms with van der Waals surface area (Å²) in [6, 6.07) is 10.7. The van der Waals surface area contributed by atoms with Crippen LogP contribution in [0.3, 0.4) is 0 Å². The molecule has 4 N–H and O–H groups in total. The molecule has 31 heavy (non-hydrogen) atoms. The van der Waals surface area contributed by atoms with Gasteiger partial charge in [0.2, 0.25) is 10.0 Å². The summed E-state index contributed by atoms with van der Waals surface area (Å²) in [6.45, 7) is 1.25. The van der Waals surface area contributed by atoms with E-state index in [0.29, 0.717) is 24.6 Å². The van der Waals surface area contributed by atoms with Gasteiger partial charge in [0.15, 0.2) is 0 Å². The molecule has 1 aliphatic rings. The van der Waals surface area contributed by atoms with Crippen molar-refractivity contribution >= 4 is 38.2 Å². The lowest BCUT2D eigenvalue weighted by Gasteiger charge is -2.15. The molecule has 8 nitrogen and oxygen atoms in total. The summed E-state index contributed by atoms with van der Waals surface area (Å²) in [5.74, 6) is 1.35. The molecule has 1 atom stereocenters. The number of aromatic amines is 1. The summed E-state index contributed by atoms with van der Waals surface area (Å²) in [7, 11) is -3.46. The maximum absolute atomic E-state index is 11.4. The first-order chi connectivity index (χ1) is 14.8. The number of aliphatic hydroxyl groups is 1. The minimum atomic E-state index is -3.46. The maximum atomic E-state index is 11.4. The third kappa shape index (κ3) is 5.68. The molecule has 0 bridgehead atoms. The Labute approximate surface area is 186 Å². The van der Waals surface area contributed by atoms with Crippen molar-refractivity contribution < 1.29 is 18.3 Å². The number of aliphatic hydroxyl groups excluding tert-OH is 1. The van der Waals surface area contributed by atoms with Crippen molar-refractivity contribution in [2.45, 2.75) is 24.9 Å². The average molecular weight is 465 g/mol. The Morgan fingerprint density at radius 3 is 2.84 bits per heavy atom. The van der Waals surface area contributed by atoms with Crippen molar-refractivity contribution in [1.82, 2.24) is 15.5 Å². The van der Waals surface area contributed by atoms with Crippen molar-refractivity contribution in [1.29, 1.82) is 0 Å². The standard InChI is InChI=1S/C21H25ClN4O4S/c1-31(28,29)26-19-10-14(4-7-17(19)22)20(27)12-23-8-9-30-15-5-6-16-18(11-15)24-25-21(16)13-2-3-13/h4-7,10-11,13,20,23,26-27H,2-3,8-9,12H2,1H3,(H,24,25). The first-order valence-corrected chi connectivity index (χ1v) is 12.3. The van der Waals surface area contributed by atoms with Gasteiger partial charge in [-0.1, -0.05) is 17.7 Å². The number of aromatic nitrogens is 2. The highest BCUT2D eigenvalue weighted by molar-refractivity contribution is 7.92. The SMILES string of the molecule is CS(=O)(=O)Nc1cc(C(O)CNCCOc2ccc3c(C4CC4)n[nH]c3c2)ccc1Cl. The average Bonchev–Trinajstić information content (AvgIpc) is 3.47. The summed E-state index contributed by atoms with van der Waals surface area (Å²) in [5, 5.41) is 22.4. The number of nitrogens with one attached hydrogen (secondary N) is 3. The largest absolute Gasteiger partial charge is 0.492 e. The van der Waals surface area contributed by atoms with Gasteiger partial charge in [-0.15, -0.1) is 0 Å². The molecular weight excluding hydrogens is 440 g/mol. The van der Waals surface area contributed by atoms with E-state index in [9.17, 15) is 13.5 Å². The van der Waals surface area contributed by atoms with Crippen molar-refractivity contribution in [2.75, 3.05) is 30.7 Å². The molecule has 1 fully saturated rings. The zero-order chi connectivity index (χ0) is 22.0. The fraction of sp³-hybridized carbons (Fsp3) is 0.381. The third-order valence-electron chi connectivity index (χ3n) is 5.08. The second-order valence-electron chi connectivity index (χ2n) is 7.77. The van der Waals surface area contributed by atoms with Gasteiger partial charge in [-0.25, -0.2) is 8.42 Å². The Bertz CT molecular complexity index is 1180. The summed E-state index contributed by atoms with van der Waals surface area (Å²) >= 11 is 6.02. The van der Waals surface area contributed by atoms with Crippen LogP contribution in [0.25, 0.3) is 10.9 Å². The number of sulfonamides is 1. The van der Waals surface area contributed by atoms with Gasteiger partial charge in [-0.3, -0.25) is 9.82 Å². The Hall–Kier alpha value is -2.33. The molecule has 1 unspecified atom stereocenters. The lowest BCUT2D eigenvalue weighted by atomic mass is 10.1. The molecule has 0 saturated heterocycles. The monoisotopic (exact) mass is 464 g/mol. The van der Waals surface area contributed by atoms with Crippen molar-refractivity contribution in [2.24, 2.45) is 0 Å². The Balaban J connectivity index is 1.25. The zero-order valence-electron chi connectivity index (χ0n) is 17.1. The van der Waals surface area contributed by atoms with E-state index in [1.165, 1.54) is 18.9 Å². The minimum Gasteiger partial charge on any atom is -0.492 e. The van der Waals surface area contributed by atoms with E-state index in [4.69, 9.17) is 16.3 Å². The maximum Gasteiger partial charge on any atom is 0.229 e. The topological polar surface area (TPSA) is 116 Å². The number of hydrogen-bond donors (Lipinski definition) is 4. The first-order valence-electron chi connectivity index (χ1n) is 10.1. The van der Waals surface area contributed by atoms with Gasteiger partial charge in [-0.2, -0.15) is 5.10 Å². The summed E-state index contributed by atoms with van der Waals surface area (Å²) in [4.78, 5) is 0. The summed E-state index contributed by atoms with van der Waals surface area (Å²) < 4.78 is 31.0. The van der Waals surface area contributed by atoms with E-state index >= 15 is 0 Å². The second-order valence-corrected chi connectivity index (χ2v) is 9.93. The van der Waals surface area contributed by atoms with Crippen LogP contribution in [0.1, 0.15) is 36.1 Å². The molecule has 0 radical (unpaired) electrons. The number of rotatable bonds is 10. The van der Waals surface area contributed by atoms with Gasteiger partial charge in [0.05, 0.1) is 34.3 Å². The van der Waals surface area contributed by atoms with Crippen LogP contribution in [-0.2, 0) is 10.0 Å². The number of nitrogens with zero attached hydrogens (tertiary/aromatic N) is 1. The number of fused-ring (bicyclic) bond motifs is 1. The quantitative estimate of drug-likeness (QED) is 0.342. The van der Waals surface area contributed by atoms with E-state index in [2.05, 4.69) is 20.2 Å². The van der Waals surface area contributed by atoms with Crippen molar-refractivity contribution in [3.8, 4) is 5.75 Å². The van der Waals surface area contributed by atoms with Crippen LogP contribution in [0.4, 0.5) is 5.69 Å². The molecule has 1 aromatic heterocycles. The molecule has 1 heterocycles. The highest BCUT2D eigenvalue weighted by Gasteiger charge is 2.27. The van der Waals surface area contributed by atoms with Crippen LogP contribution in [0.2, 0.25) is 5.02 Å². The van der Waals surface area contributed by atoms with E-state index in [1.807, 2.05) is 18.2 Å². The number of H-pyrrole nitrogens is 1. The Morgan fingerprint density at radius 1 is 1.29 bits per heavy atom. The third-order valence-corrected chi connectivity index (χ3v) is 6.00. The highest BCUT2D eigenvalue weighted by Crippen LogP contribution is 2.42. The van der Waals surface area contributed by atoms with Crippen LogP contribution >= 0.6 is 11.6 Å². The van der Waals surface area contributed by atoms with Gasteiger partial charge in [0, 0.05) is 30.5 Å². The minimum absolute atomic E-state index is 0.239. The van der Waals surface area contributed by atoms with E-state index < -0.39 is 16.1 Å². The van der Waals surface area contributed by atoms with Crippen molar-refractivity contribution in [3.63, 3.8) is 0 Å². The molecule has 166 valence electrons. The first kappa shape index (κ1) is 21.9. The molecule has 2 aromatic carbocycles. The molecule has 4 rings (SSSR count). The summed E-state index contributed by atoms with van der Waals surface area (Å²) in [6.07, 6.45) is 2.65. The molecule has 3 aromatic rings. The van der Waals surface area contributed by atoms with Gasteiger partial charge >= 0.3 is 0 Å². The van der Waals surface area contributed by atoms with Crippen molar-refractivity contribution in [3.05, 3.63) is 52.7 Å². The Morgan fingerprint density at radius 2 is 2.10 bits per heavy atom. The number of halogens is 1. The fourth-order valence-electron chi connectivity index (χ4n) is 3.40. The lowest BCUT2D eigenvalue weighted by Crippen LogP contribution is -2.26. The van der Waals surface area contributed by atoms with Crippen LogP contribution in [0, 0.1) is 0 Å². The summed E-state index contributed by atoms with van der Waals surface area (Å²) in [5.41, 5.74) is 2.92. The smallest absolute Gasteiger partial charge is 0.229 e. The lowest BCUT2D eigenvalue weighted by molar-refractivity contribution is 0.172. The van der Waals surface area contributed by atoms with E-state index in [-0.39, 0.29) is 17.3 Å². The van der Waals surface area contributed by atoms with Gasteiger partial charge in [0.25, 0.3) is 0 Å². The van der Waals surface area contributed by atoms with Gasteiger partial charge in [0.1, 0.15) is 12.4 Å². The Kier molecular flexibility index (Phi) is 6.38.